The Morgan fingerprint density at radius 1 is 0.500 bits per heavy atom. The number of nitrogens with zero attached hydrogens (tertiary/aromatic N) is 2. The zero-order valence-corrected chi connectivity index (χ0v) is 36.2. The normalized spacial score (nSPS) is 11.8. The molecule has 0 saturated carbocycles. The van der Waals surface area contributed by atoms with Gasteiger partial charge in [0.25, 0.3) is 0 Å². The second-order valence-corrected chi connectivity index (χ2v) is 14.7. The molecule has 0 heterocycles. The summed E-state index contributed by atoms with van der Waals surface area (Å²) in [6.07, 6.45) is 34.4. The van der Waals surface area contributed by atoms with Gasteiger partial charge in [-0.1, -0.05) is 137 Å². The Bertz CT molecular complexity index is 1200. The van der Waals surface area contributed by atoms with Crippen molar-refractivity contribution in [2.75, 3.05) is 0 Å². The van der Waals surface area contributed by atoms with Gasteiger partial charge in [-0.15, -0.1) is 0 Å². The van der Waals surface area contributed by atoms with Crippen LogP contribution < -0.4 is 0 Å². The summed E-state index contributed by atoms with van der Waals surface area (Å²) in [6.45, 7) is 16.0. The minimum absolute atomic E-state index is 0.882. The summed E-state index contributed by atoms with van der Waals surface area (Å²) in [4.78, 5) is 10.2. The predicted molar refractivity (Wildman–Crippen MR) is 227 cm³/mol. The van der Waals surface area contributed by atoms with Gasteiger partial charge in [0.2, 0.25) is 0 Å². The minimum atomic E-state index is 0.882. The molecule has 2 aromatic rings. The summed E-state index contributed by atoms with van der Waals surface area (Å²) in [5.74, 6) is 0. The van der Waals surface area contributed by atoms with Gasteiger partial charge in [0.05, 0.1) is 17.1 Å². The van der Waals surface area contributed by atoms with E-state index in [-0.39, 0.29) is 0 Å². The van der Waals surface area contributed by atoms with Gasteiger partial charge in [0.15, 0.2) is 0 Å². The van der Waals surface area contributed by atoms with Crippen molar-refractivity contribution in [3.05, 3.63) is 57.6 Å². The molecule has 2 nitrogen and oxygen atoms in total. The van der Waals surface area contributed by atoms with Crippen LogP contribution in [0.3, 0.4) is 0 Å². The van der Waals surface area contributed by atoms with Crippen LogP contribution in [-0.4, -0.2) is 11.9 Å². The molecule has 0 amide bonds. The van der Waals surface area contributed by atoms with Crippen LogP contribution in [0.4, 0.5) is 11.4 Å². The van der Waals surface area contributed by atoms with Crippen molar-refractivity contribution in [3.63, 3.8) is 0 Å². The van der Waals surface area contributed by atoms with Gasteiger partial charge in [-0.05, 0) is 129 Å². The van der Waals surface area contributed by atoms with Crippen molar-refractivity contribution >= 4 is 37.5 Å². The number of rotatable bonds is 28. The molecule has 0 radical (unpaired) electrons. The molecule has 0 aliphatic heterocycles. The Labute approximate surface area is 326 Å². The molecule has 0 fully saturated rings. The summed E-state index contributed by atoms with van der Waals surface area (Å²) in [5, 5.41) is 0. The number of halogens is 1. The first-order valence-electron chi connectivity index (χ1n) is 20.9. The molecule has 0 aliphatic carbocycles. The number of aryl methyl sites for hydroxylation is 4. The molecule has 50 heavy (non-hydrogen) atoms. The molecule has 4 heteroatoms. The Balaban J connectivity index is 0.00000613. The summed E-state index contributed by atoms with van der Waals surface area (Å²) in [7, 11) is 0. The predicted octanol–water partition coefficient (Wildman–Crippen LogP) is 16.1. The van der Waals surface area contributed by atoms with E-state index in [1.807, 2.05) is 6.21 Å². The second-order valence-electron chi connectivity index (χ2n) is 14.7. The summed E-state index contributed by atoms with van der Waals surface area (Å²) >= 11 is 6.25. The molecular formula is C46H76BrN2Ni. The van der Waals surface area contributed by atoms with Crippen molar-refractivity contribution in [2.24, 2.45) is 9.98 Å². The van der Waals surface area contributed by atoms with Crippen LogP contribution in [0.1, 0.15) is 203 Å². The second kappa shape index (κ2) is 31.3. The number of hydrogen-bond acceptors (Lipinski definition) is 2. The third kappa shape index (κ3) is 20.1. The molecule has 0 saturated heterocycles. The third-order valence-electron chi connectivity index (χ3n) is 10.3. The van der Waals surface area contributed by atoms with Crippen LogP contribution >= 0.6 is 14.2 Å². The summed E-state index contributed by atoms with van der Waals surface area (Å²) < 4.78 is 0. The standard InChI is InChI=1S/C46H76N2.BrH.Ni/c1-8-13-17-20-23-26-30-41-36-44(34-39(7)46(41)32-28-25-22-19-15-10-3)48-42(12-5)37-47-43-33-38(6)45(40(35-43)29-16-11-4)31-27-24-21-18-14-9-2;;/h33-37H,8-32H2,1-7H3;1H;/q;;+1/p-1. The third-order valence-corrected chi connectivity index (χ3v) is 10.3. The Hall–Kier alpha value is -1.25. The van der Waals surface area contributed by atoms with Gasteiger partial charge < -0.3 is 0 Å². The fourth-order valence-corrected chi connectivity index (χ4v) is 7.18. The van der Waals surface area contributed by atoms with Gasteiger partial charge in [-0.25, -0.2) is 0 Å². The topological polar surface area (TPSA) is 24.7 Å². The van der Waals surface area contributed by atoms with Gasteiger partial charge >= 0.3 is 27.9 Å². The van der Waals surface area contributed by atoms with E-state index in [0.717, 1.165) is 29.9 Å². The molecule has 2 aromatic carbocycles. The van der Waals surface area contributed by atoms with Crippen LogP contribution in [0.5, 0.6) is 0 Å². The van der Waals surface area contributed by atoms with Gasteiger partial charge in [-0.3, -0.25) is 9.98 Å². The number of hydrogen-bond donors (Lipinski definition) is 0. The fourth-order valence-electron chi connectivity index (χ4n) is 7.18. The zero-order valence-electron chi connectivity index (χ0n) is 33.7. The fraction of sp³-hybridized carbons (Fsp3) is 0.696. The van der Waals surface area contributed by atoms with Crippen molar-refractivity contribution in [1.82, 2.24) is 0 Å². The van der Waals surface area contributed by atoms with Crippen LogP contribution in [0, 0.1) is 13.8 Å². The maximum absolute atomic E-state index is 5.20. The molecule has 0 aromatic heterocycles. The number of unbranched alkanes of at least 4 members (excludes halogenated alkanes) is 16. The first-order chi connectivity index (χ1) is 24.5. The van der Waals surface area contributed by atoms with E-state index in [9.17, 15) is 0 Å². The molecule has 0 unspecified atom stereocenters. The van der Waals surface area contributed by atoms with Crippen LogP contribution in [0.2, 0.25) is 0 Å². The number of benzene rings is 2. The van der Waals surface area contributed by atoms with Crippen LogP contribution in [0.15, 0.2) is 34.3 Å². The Kier molecular flexibility index (Phi) is 29.3. The molecule has 0 spiro atoms. The average Bonchev–Trinajstić information content (AvgIpc) is 3.12. The maximum atomic E-state index is 5.20. The van der Waals surface area contributed by atoms with E-state index in [2.05, 4.69) is 101 Å². The van der Waals surface area contributed by atoms with Crippen LogP contribution in [-0.2, 0) is 39.4 Å². The first-order valence-corrected chi connectivity index (χ1v) is 23.4. The SMILES string of the molecule is CCCCCCCCc1cc(N=C(C=Nc2cc(C)c(CCCCCCCC)c(CCCC)c2)CC)cc(C)c1CCCCCCCC.[Ni][Br]. The van der Waals surface area contributed by atoms with E-state index >= 15 is 0 Å². The van der Waals surface area contributed by atoms with E-state index < -0.39 is 0 Å². The van der Waals surface area contributed by atoms with Crippen molar-refractivity contribution in [2.45, 2.75) is 209 Å². The molecule has 0 aliphatic rings. The molecule has 0 N–H and O–H groups in total. The van der Waals surface area contributed by atoms with E-state index in [1.54, 1.807) is 16.7 Å². The Morgan fingerprint density at radius 3 is 1.34 bits per heavy atom. The van der Waals surface area contributed by atoms with Crippen molar-refractivity contribution < 1.29 is 13.7 Å². The first kappa shape index (κ1) is 46.8. The van der Waals surface area contributed by atoms with Gasteiger partial charge in [-0.2, -0.15) is 0 Å². The summed E-state index contributed by atoms with van der Waals surface area (Å²) in [6, 6.07) is 9.44. The van der Waals surface area contributed by atoms with E-state index in [4.69, 9.17) is 9.98 Å². The number of aliphatic imine (C=N–C) groups is 2. The van der Waals surface area contributed by atoms with Crippen molar-refractivity contribution in [3.8, 4) is 0 Å². The van der Waals surface area contributed by atoms with E-state index in [1.165, 1.54) is 164 Å². The van der Waals surface area contributed by atoms with Gasteiger partial charge in [0.1, 0.15) is 0 Å². The van der Waals surface area contributed by atoms with E-state index in [0.29, 0.717) is 0 Å². The van der Waals surface area contributed by atoms with Gasteiger partial charge in [0, 0.05) is 6.21 Å². The molecule has 0 bridgehead atoms. The molecule has 287 valence electrons. The Morgan fingerprint density at radius 2 is 0.880 bits per heavy atom. The molecule has 0 atom stereocenters. The molecule has 2 rings (SSSR count). The zero-order chi connectivity index (χ0) is 36.8. The summed E-state index contributed by atoms with van der Waals surface area (Å²) in [5.41, 5.74) is 12.3. The molecular weight excluding hydrogens is 719 g/mol. The monoisotopic (exact) mass is 793 g/mol. The average molecular weight is 796 g/mol. The van der Waals surface area contributed by atoms with Crippen LogP contribution in [0.25, 0.3) is 0 Å². The quantitative estimate of drug-likeness (QED) is 0.0466. The van der Waals surface area contributed by atoms with Crippen molar-refractivity contribution in [1.29, 1.82) is 0 Å².